The van der Waals surface area contributed by atoms with Crippen molar-refractivity contribution in [3.8, 4) is 0 Å². The van der Waals surface area contributed by atoms with Crippen LogP contribution in [0.15, 0.2) is 28.7 Å². The van der Waals surface area contributed by atoms with Crippen molar-refractivity contribution in [3.63, 3.8) is 0 Å². The van der Waals surface area contributed by atoms with Crippen molar-refractivity contribution in [2.75, 3.05) is 20.3 Å². The van der Waals surface area contributed by atoms with Crippen molar-refractivity contribution < 1.29 is 14.6 Å². The minimum absolute atomic E-state index is 0.00113. The number of carbonyl (C=O) groups excluding carboxylic acids is 1. The van der Waals surface area contributed by atoms with E-state index in [2.05, 4.69) is 21.2 Å². The molecule has 1 aliphatic carbocycles. The Labute approximate surface area is 127 Å². The molecule has 1 aromatic rings. The lowest BCUT2D eigenvalue weighted by Crippen LogP contribution is -2.51. The molecule has 4 nitrogen and oxygen atoms in total. The smallest absolute Gasteiger partial charge is 0.230 e. The van der Waals surface area contributed by atoms with Crippen LogP contribution in [-0.2, 0) is 14.9 Å². The SMILES string of the molecule is COCC(O)CNC(=O)C1(c2ccc(Br)cc2)CCC1. The predicted octanol–water partition coefficient (Wildman–Crippen LogP) is 1.99. The molecule has 110 valence electrons. The molecule has 0 bridgehead atoms. The number of aliphatic hydroxyl groups excluding tert-OH is 1. The van der Waals surface area contributed by atoms with Crippen molar-refractivity contribution in [3.05, 3.63) is 34.3 Å². The number of nitrogens with one attached hydrogen (secondary N) is 1. The van der Waals surface area contributed by atoms with E-state index in [1.165, 1.54) is 7.11 Å². The zero-order valence-electron chi connectivity index (χ0n) is 11.6. The minimum atomic E-state index is -0.661. The molecule has 1 unspecified atom stereocenters. The fourth-order valence-corrected chi connectivity index (χ4v) is 2.84. The number of ether oxygens (including phenoxy) is 1. The summed E-state index contributed by atoms with van der Waals surface area (Å²) in [5, 5.41) is 12.5. The Bertz CT molecular complexity index is 457. The van der Waals surface area contributed by atoms with Crippen LogP contribution in [0.5, 0.6) is 0 Å². The molecule has 1 atom stereocenters. The molecule has 1 saturated carbocycles. The van der Waals surface area contributed by atoms with Crippen molar-refractivity contribution >= 4 is 21.8 Å². The molecule has 5 heteroatoms. The van der Waals surface area contributed by atoms with Gasteiger partial charge in [0.2, 0.25) is 5.91 Å². The maximum Gasteiger partial charge on any atom is 0.230 e. The van der Waals surface area contributed by atoms with Gasteiger partial charge >= 0.3 is 0 Å². The summed E-state index contributed by atoms with van der Waals surface area (Å²) < 4.78 is 5.86. The van der Waals surface area contributed by atoms with Gasteiger partial charge in [-0.15, -0.1) is 0 Å². The molecule has 0 spiro atoms. The highest BCUT2D eigenvalue weighted by atomic mass is 79.9. The molecule has 0 radical (unpaired) electrons. The van der Waals surface area contributed by atoms with Gasteiger partial charge in [0.1, 0.15) is 0 Å². The third-order valence-corrected chi connectivity index (χ3v) is 4.42. The average Bonchev–Trinajstić information content (AvgIpc) is 2.38. The van der Waals surface area contributed by atoms with Crippen LogP contribution in [0.25, 0.3) is 0 Å². The second-order valence-corrected chi connectivity index (χ2v) is 6.18. The fraction of sp³-hybridized carbons (Fsp3) is 0.533. The maximum atomic E-state index is 12.5. The van der Waals surface area contributed by atoms with E-state index in [9.17, 15) is 9.90 Å². The van der Waals surface area contributed by atoms with Gasteiger partial charge in [0.15, 0.2) is 0 Å². The van der Waals surface area contributed by atoms with Crippen LogP contribution >= 0.6 is 15.9 Å². The van der Waals surface area contributed by atoms with Crippen molar-refractivity contribution in [1.29, 1.82) is 0 Å². The first-order valence-electron chi connectivity index (χ1n) is 6.80. The lowest BCUT2D eigenvalue weighted by Gasteiger charge is -2.41. The summed E-state index contributed by atoms with van der Waals surface area (Å²) in [7, 11) is 1.53. The molecule has 2 N–H and O–H groups in total. The van der Waals surface area contributed by atoms with E-state index < -0.39 is 11.5 Å². The van der Waals surface area contributed by atoms with E-state index in [1.807, 2.05) is 24.3 Å². The summed E-state index contributed by atoms with van der Waals surface area (Å²) in [6.45, 7) is 0.455. The van der Waals surface area contributed by atoms with Gasteiger partial charge in [0, 0.05) is 18.1 Å². The quantitative estimate of drug-likeness (QED) is 0.831. The summed E-state index contributed by atoms with van der Waals surface area (Å²) >= 11 is 3.41. The molecule has 1 fully saturated rings. The molecule has 1 aromatic carbocycles. The van der Waals surface area contributed by atoms with Gasteiger partial charge in [-0.25, -0.2) is 0 Å². The number of aliphatic hydroxyl groups is 1. The first kappa shape index (κ1) is 15.5. The third-order valence-electron chi connectivity index (χ3n) is 3.90. The summed E-state index contributed by atoms with van der Waals surface area (Å²) in [6.07, 6.45) is 2.12. The van der Waals surface area contributed by atoms with Gasteiger partial charge in [0.25, 0.3) is 0 Å². The first-order chi connectivity index (χ1) is 9.58. The number of methoxy groups -OCH3 is 1. The fourth-order valence-electron chi connectivity index (χ4n) is 2.58. The van der Waals surface area contributed by atoms with Gasteiger partial charge in [-0.3, -0.25) is 4.79 Å². The predicted molar refractivity (Wildman–Crippen MR) is 80.6 cm³/mol. The first-order valence-corrected chi connectivity index (χ1v) is 7.59. The summed E-state index contributed by atoms with van der Waals surface area (Å²) in [6, 6.07) is 7.91. The topological polar surface area (TPSA) is 58.6 Å². The Kier molecular flexibility index (Phi) is 5.18. The highest BCUT2D eigenvalue weighted by Gasteiger charge is 2.45. The molecule has 1 aliphatic rings. The summed E-state index contributed by atoms with van der Waals surface area (Å²) in [5.74, 6) is 0.00113. The van der Waals surface area contributed by atoms with E-state index in [4.69, 9.17) is 4.74 Å². The van der Waals surface area contributed by atoms with Crippen molar-refractivity contribution in [2.45, 2.75) is 30.8 Å². The van der Waals surface area contributed by atoms with E-state index in [0.717, 1.165) is 29.3 Å². The lowest BCUT2D eigenvalue weighted by molar-refractivity contribution is -0.130. The molecular formula is C15H20BrNO3. The molecule has 0 saturated heterocycles. The van der Waals surface area contributed by atoms with Gasteiger partial charge in [-0.1, -0.05) is 34.5 Å². The maximum absolute atomic E-state index is 12.5. The normalized spacial score (nSPS) is 18.1. The Morgan fingerprint density at radius 2 is 2.10 bits per heavy atom. The molecule has 0 aliphatic heterocycles. The second-order valence-electron chi connectivity index (χ2n) is 5.26. The Balaban J connectivity index is 2.03. The van der Waals surface area contributed by atoms with Crippen LogP contribution in [0.3, 0.4) is 0 Å². The molecule has 20 heavy (non-hydrogen) atoms. The molecular weight excluding hydrogens is 322 g/mol. The van der Waals surface area contributed by atoms with Crippen molar-refractivity contribution in [2.24, 2.45) is 0 Å². The molecule has 0 heterocycles. The lowest BCUT2D eigenvalue weighted by atomic mass is 9.64. The standard InChI is InChI=1S/C15H20BrNO3/c1-20-10-13(18)9-17-14(19)15(7-2-8-15)11-3-5-12(16)6-4-11/h3-6,13,18H,2,7-10H2,1H3,(H,17,19). The van der Waals surface area contributed by atoms with Crippen LogP contribution in [0.2, 0.25) is 0 Å². The van der Waals surface area contributed by atoms with Crippen LogP contribution < -0.4 is 5.32 Å². The highest BCUT2D eigenvalue weighted by molar-refractivity contribution is 9.10. The van der Waals surface area contributed by atoms with Crippen LogP contribution in [0.4, 0.5) is 0 Å². The van der Waals surface area contributed by atoms with Crippen LogP contribution in [0, 0.1) is 0 Å². The molecule has 2 rings (SSSR count). The number of hydrogen-bond donors (Lipinski definition) is 2. The number of carbonyl (C=O) groups is 1. The van der Waals surface area contributed by atoms with Crippen molar-refractivity contribution in [1.82, 2.24) is 5.32 Å². The molecule has 0 aromatic heterocycles. The largest absolute Gasteiger partial charge is 0.389 e. The number of amides is 1. The number of hydrogen-bond acceptors (Lipinski definition) is 3. The van der Waals surface area contributed by atoms with Gasteiger partial charge in [0.05, 0.1) is 18.1 Å². The van der Waals surface area contributed by atoms with Gasteiger partial charge in [-0.2, -0.15) is 0 Å². The monoisotopic (exact) mass is 341 g/mol. The molecule has 1 amide bonds. The van der Waals surface area contributed by atoms with E-state index in [0.29, 0.717) is 0 Å². The Morgan fingerprint density at radius 3 is 2.60 bits per heavy atom. The third kappa shape index (κ3) is 3.22. The van der Waals surface area contributed by atoms with E-state index in [1.54, 1.807) is 0 Å². The summed E-state index contributed by atoms with van der Waals surface area (Å²) in [4.78, 5) is 12.5. The second kappa shape index (κ2) is 6.70. The average molecular weight is 342 g/mol. The highest BCUT2D eigenvalue weighted by Crippen LogP contribution is 2.44. The van der Waals surface area contributed by atoms with Crippen LogP contribution in [0.1, 0.15) is 24.8 Å². The zero-order valence-corrected chi connectivity index (χ0v) is 13.1. The van der Waals surface area contributed by atoms with Crippen LogP contribution in [-0.4, -0.2) is 37.4 Å². The number of halogens is 1. The Hall–Kier alpha value is -0.910. The number of rotatable bonds is 6. The number of benzene rings is 1. The van der Waals surface area contributed by atoms with Gasteiger partial charge < -0.3 is 15.2 Å². The van der Waals surface area contributed by atoms with E-state index in [-0.39, 0.29) is 19.1 Å². The zero-order chi connectivity index (χ0) is 14.6. The van der Waals surface area contributed by atoms with E-state index >= 15 is 0 Å². The minimum Gasteiger partial charge on any atom is -0.389 e. The van der Waals surface area contributed by atoms with Gasteiger partial charge in [-0.05, 0) is 30.5 Å². The Morgan fingerprint density at radius 1 is 1.45 bits per heavy atom. The summed E-state index contributed by atoms with van der Waals surface area (Å²) in [5.41, 5.74) is 0.624.